The van der Waals surface area contributed by atoms with E-state index in [0.29, 0.717) is 11.8 Å². The van der Waals surface area contributed by atoms with Gasteiger partial charge in [0.15, 0.2) is 0 Å². The molecule has 0 radical (unpaired) electrons. The molecule has 1 aromatic carbocycles. The van der Waals surface area contributed by atoms with Gasteiger partial charge in [0.05, 0.1) is 0 Å². The average molecular weight is 314 g/mol. The van der Waals surface area contributed by atoms with Gasteiger partial charge in [0.25, 0.3) is 0 Å². The molecule has 1 saturated carbocycles. The number of benzene rings is 1. The third-order valence-electron chi connectivity index (χ3n) is 4.45. The highest BCUT2D eigenvalue weighted by molar-refractivity contribution is 6.33. The first-order chi connectivity index (χ1) is 9.61. The summed E-state index contributed by atoms with van der Waals surface area (Å²) >= 11 is 12.6. The van der Waals surface area contributed by atoms with Gasteiger partial charge in [-0.15, -0.1) is 0 Å². The van der Waals surface area contributed by atoms with E-state index < -0.39 is 0 Å². The van der Waals surface area contributed by atoms with Gasteiger partial charge in [-0.25, -0.2) is 0 Å². The molecule has 20 heavy (non-hydrogen) atoms. The lowest BCUT2D eigenvalue weighted by Crippen LogP contribution is -2.32. The fourth-order valence-corrected chi connectivity index (χ4v) is 3.77. The topological polar surface area (TPSA) is 12.0 Å². The van der Waals surface area contributed by atoms with Crippen LogP contribution >= 0.6 is 23.2 Å². The molecule has 2 rings (SSSR count). The Morgan fingerprint density at radius 2 is 2.05 bits per heavy atom. The second-order valence-corrected chi connectivity index (χ2v) is 7.00. The SMILES string of the molecule is CCCNCC1CCC(C)CC1c1cc(Cl)ccc1Cl. The number of nitrogens with one attached hydrogen (secondary N) is 1. The van der Waals surface area contributed by atoms with Crippen molar-refractivity contribution in [3.63, 3.8) is 0 Å². The molecule has 0 aromatic heterocycles. The quantitative estimate of drug-likeness (QED) is 0.706. The minimum Gasteiger partial charge on any atom is -0.316 e. The van der Waals surface area contributed by atoms with E-state index in [9.17, 15) is 0 Å². The van der Waals surface area contributed by atoms with E-state index in [1.54, 1.807) is 0 Å². The van der Waals surface area contributed by atoms with Crippen LogP contribution in [0.4, 0.5) is 0 Å². The summed E-state index contributed by atoms with van der Waals surface area (Å²) in [6, 6.07) is 5.89. The van der Waals surface area contributed by atoms with E-state index in [-0.39, 0.29) is 0 Å². The Balaban J connectivity index is 2.16. The first-order valence-electron chi connectivity index (χ1n) is 7.77. The van der Waals surface area contributed by atoms with Crippen molar-refractivity contribution in [1.29, 1.82) is 0 Å². The van der Waals surface area contributed by atoms with Crippen molar-refractivity contribution in [3.8, 4) is 0 Å². The van der Waals surface area contributed by atoms with Crippen LogP contribution in [0.15, 0.2) is 18.2 Å². The fraction of sp³-hybridized carbons (Fsp3) is 0.647. The second kappa shape index (κ2) is 7.68. The van der Waals surface area contributed by atoms with Gasteiger partial charge in [-0.05, 0) is 73.9 Å². The Morgan fingerprint density at radius 1 is 1.25 bits per heavy atom. The molecule has 1 aliphatic carbocycles. The van der Waals surface area contributed by atoms with Crippen molar-refractivity contribution in [1.82, 2.24) is 5.32 Å². The van der Waals surface area contributed by atoms with Gasteiger partial charge in [0.2, 0.25) is 0 Å². The summed E-state index contributed by atoms with van der Waals surface area (Å²) in [7, 11) is 0. The molecule has 0 spiro atoms. The molecule has 112 valence electrons. The molecule has 3 atom stereocenters. The lowest BCUT2D eigenvalue weighted by atomic mass is 9.71. The first-order valence-corrected chi connectivity index (χ1v) is 8.53. The lowest BCUT2D eigenvalue weighted by Gasteiger charge is -2.36. The number of halogens is 2. The maximum atomic E-state index is 6.42. The zero-order valence-corrected chi connectivity index (χ0v) is 14.0. The van der Waals surface area contributed by atoms with E-state index >= 15 is 0 Å². The van der Waals surface area contributed by atoms with Crippen LogP contribution in [0.5, 0.6) is 0 Å². The molecule has 3 unspecified atom stereocenters. The van der Waals surface area contributed by atoms with Gasteiger partial charge in [-0.3, -0.25) is 0 Å². The highest BCUT2D eigenvalue weighted by Crippen LogP contribution is 2.43. The standard InChI is InChI=1S/C17H25Cl2N/c1-3-8-20-11-13-5-4-12(2)9-15(13)16-10-14(18)6-7-17(16)19/h6-7,10,12-13,15,20H,3-5,8-9,11H2,1-2H3. The molecule has 0 aliphatic heterocycles. The normalized spacial score (nSPS) is 26.7. The van der Waals surface area contributed by atoms with Crippen molar-refractivity contribution in [3.05, 3.63) is 33.8 Å². The summed E-state index contributed by atoms with van der Waals surface area (Å²) in [4.78, 5) is 0. The maximum Gasteiger partial charge on any atom is 0.0441 e. The van der Waals surface area contributed by atoms with Crippen LogP contribution in [-0.4, -0.2) is 13.1 Å². The molecule has 1 aliphatic rings. The van der Waals surface area contributed by atoms with E-state index in [4.69, 9.17) is 23.2 Å². The monoisotopic (exact) mass is 313 g/mol. The second-order valence-electron chi connectivity index (χ2n) is 6.15. The Kier molecular flexibility index (Phi) is 6.20. The molecule has 0 heterocycles. The Hall–Kier alpha value is -0.240. The highest BCUT2D eigenvalue weighted by Gasteiger charge is 2.30. The van der Waals surface area contributed by atoms with Crippen LogP contribution in [0.1, 0.15) is 51.0 Å². The summed E-state index contributed by atoms with van der Waals surface area (Å²) in [5.41, 5.74) is 1.24. The van der Waals surface area contributed by atoms with E-state index in [0.717, 1.165) is 29.1 Å². The summed E-state index contributed by atoms with van der Waals surface area (Å²) in [5.74, 6) is 1.99. The van der Waals surface area contributed by atoms with Crippen LogP contribution in [-0.2, 0) is 0 Å². The third-order valence-corrected chi connectivity index (χ3v) is 5.03. The third kappa shape index (κ3) is 4.13. The van der Waals surface area contributed by atoms with Gasteiger partial charge in [0, 0.05) is 10.0 Å². The van der Waals surface area contributed by atoms with Gasteiger partial charge in [0.1, 0.15) is 0 Å². The summed E-state index contributed by atoms with van der Waals surface area (Å²) < 4.78 is 0. The molecule has 1 nitrogen and oxygen atoms in total. The molecule has 3 heteroatoms. The van der Waals surface area contributed by atoms with Gasteiger partial charge < -0.3 is 5.32 Å². The molecular formula is C17H25Cl2N. The smallest absolute Gasteiger partial charge is 0.0441 e. The van der Waals surface area contributed by atoms with Gasteiger partial charge in [-0.2, -0.15) is 0 Å². The first kappa shape index (κ1) is 16.1. The molecule has 0 saturated heterocycles. The Bertz CT molecular complexity index is 433. The molecule has 1 fully saturated rings. The molecule has 0 amide bonds. The minimum atomic E-state index is 0.536. The van der Waals surface area contributed by atoms with Crippen LogP contribution in [0, 0.1) is 11.8 Å². The zero-order valence-electron chi connectivity index (χ0n) is 12.5. The van der Waals surface area contributed by atoms with Crippen LogP contribution in [0.3, 0.4) is 0 Å². The number of hydrogen-bond donors (Lipinski definition) is 1. The van der Waals surface area contributed by atoms with Crippen LogP contribution in [0.2, 0.25) is 10.0 Å². The predicted molar refractivity (Wildman–Crippen MR) is 88.9 cm³/mol. The number of hydrogen-bond acceptors (Lipinski definition) is 1. The van der Waals surface area contributed by atoms with Gasteiger partial charge >= 0.3 is 0 Å². The van der Waals surface area contributed by atoms with E-state index in [2.05, 4.69) is 25.2 Å². The van der Waals surface area contributed by atoms with Crippen molar-refractivity contribution in [2.24, 2.45) is 11.8 Å². The minimum absolute atomic E-state index is 0.536. The van der Waals surface area contributed by atoms with Crippen molar-refractivity contribution >= 4 is 23.2 Å². The summed E-state index contributed by atoms with van der Waals surface area (Å²) in [6.45, 7) is 6.75. The van der Waals surface area contributed by atoms with Crippen molar-refractivity contribution in [2.45, 2.75) is 45.4 Å². The van der Waals surface area contributed by atoms with Crippen molar-refractivity contribution < 1.29 is 0 Å². The fourth-order valence-electron chi connectivity index (χ4n) is 3.33. The zero-order chi connectivity index (χ0) is 14.5. The predicted octanol–water partition coefficient (Wildman–Crippen LogP) is 5.51. The maximum absolute atomic E-state index is 6.42. The van der Waals surface area contributed by atoms with Crippen LogP contribution < -0.4 is 5.32 Å². The van der Waals surface area contributed by atoms with Crippen molar-refractivity contribution in [2.75, 3.05) is 13.1 Å². The summed E-state index contributed by atoms with van der Waals surface area (Å²) in [5, 5.41) is 5.24. The Labute approximate surface area is 133 Å². The van der Waals surface area contributed by atoms with E-state index in [1.807, 2.05) is 12.1 Å². The molecule has 1 N–H and O–H groups in total. The highest BCUT2D eigenvalue weighted by atomic mass is 35.5. The lowest BCUT2D eigenvalue weighted by molar-refractivity contribution is 0.242. The van der Waals surface area contributed by atoms with Gasteiger partial charge in [-0.1, -0.05) is 43.5 Å². The number of rotatable bonds is 5. The Morgan fingerprint density at radius 3 is 2.80 bits per heavy atom. The van der Waals surface area contributed by atoms with E-state index in [1.165, 1.54) is 31.2 Å². The molecular weight excluding hydrogens is 289 g/mol. The van der Waals surface area contributed by atoms with Crippen LogP contribution in [0.25, 0.3) is 0 Å². The molecule has 0 bridgehead atoms. The molecule has 1 aromatic rings. The average Bonchev–Trinajstić information content (AvgIpc) is 2.43. The summed E-state index contributed by atoms with van der Waals surface area (Å²) in [6.07, 6.45) is 5.02. The largest absolute Gasteiger partial charge is 0.316 e.